The summed E-state index contributed by atoms with van der Waals surface area (Å²) < 4.78 is 69.5. The molecule has 0 saturated carbocycles. The highest BCUT2D eigenvalue weighted by Gasteiger charge is 2.59. The molecule has 1 amide bonds. The van der Waals surface area contributed by atoms with Crippen molar-refractivity contribution in [2.24, 2.45) is 0 Å². The Morgan fingerprint density at radius 2 is 0.605 bits per heavy atom. The highest BCUT2D eigenvalue weighted by molar-refractivity contribution is 5.92. The number of aliphatic hydroxyl groups excluding tert-OH is 17. The number of ether oxygens (including phenoxy) is 12. The lowest BCUT2D eigenvalue weighted by Crippen LogP contribution is -2.70. The zero-order chi connectivity index (χ0) is 54.9. The van der Waals surface area contributed by atoms with E-state index < -0.39 is 230 Å². The average Bonchev–Trinajstić information content (AvgIpc) is 3.43. The van der Waals surface area contributed by atoms with Gasteiger partial charge >= 0.3 is 0 Å². The molecule has 30 atom stereocenters. The van der Waals surface area contributed by atoms with Gasteiger partial charge in [0.25, 0.3) is 0 Å². The van der Waals surface area contributed by atoms with Gasteiger partial charge in [-0.2, -0.15) is 0 Å². The third kappa shape index (κ3) is 12.1. The van der Waals surface area contributed by atoms with Crippen LogP contribution in [0.1, 0.15) is 5.56 Å². The number of amides is 1. The summed E-state index contributed by atoms with van der Waals surface area (Å²) in [7, 11) is 0. The predicted octanol–water partition coefficient (Wildman–Crippen LogP) is -11.2. The molecule has 0 unspecified atom stereocenters. The van der Waals surface area contributed by atoms with Crippen LogP contribution in [0.15, 0.2) is 36.4 Å². The lowest BCUT2D eigenvalue weighted by Gasteiger charge is -2.51. The Bertz CT molecular complexity index is 2000. The first-order valence-electron chi connectivity index (χ1n) is 24.4. The number of rotatable bonds is 9. The summed E-state index contributed by atoms with van der Waals surface area (Å²) in [5.41, 5.74) is 0.570. The average molecular weight is 1100 g/mol. The summed E-state index contributed by atoms with van der Waals surface area (Å²) >= 11 is 0. The van der Waals surface area contributed by atoms with Crippen molar-refractivity contribution in [2.45, 2.75) is 184 Å². The van der Waals surface area contributed by atoms with E-state index in [0.717, 1.165) is 6.08 Å². The lowest BCUT2D eigenvalue weighted by atomic mass is 9.93. The van der Waals surface area contributed by atoms with Crippen LogP contribution in [0.25, 0.3) is 6.08 Å². The van der Waals surface area contributed by atoms with E-state index in [1.54, 1.807) is 30.3 Å². The molecule has 0 aromatic heterocycles. The number of carbonyl (C=O) groups excluding carboxylic acids is 1. The van der Waals surface area contributed by atoms with Crippen molar-refractivity contribution in [3.8, 4) is 0 Å². The second kappa shape index (κ2) is 25.8. The first-order valence-corrected chi connectivity index (χ1v) is 24.4. The van der Waals surface area contributed by atoms with E-state index in [0.29, 0.717) is 5.56 Å². The van der Waals surface area contributed by atoms with E-state index >= 15 is 0 Å². The number of aliphatic hydroxyl groups is 17. The van der Waals surface area contributed by atoms with Gasteiger partial charge in [-0.1, -0.05) is 30.3 Å². The summed E-state index contributed by atoms with van der Waals surface area (Å²) in [5.74, 6) is -0.893. The lowest BCUT2D eigenvalue weighted by molar-refractivity contribution is -0.401. The molecule has 432 valence electrons. The molecule has 22 heterocycles. The Hall–Kier alpha value is -2.73. The zero-order valence-corrected chi connectivity index (χ0v) is 40.0. The fourth-order valence-electron chi connectivity index (χ4n) is 10.1. The van der Waals surface area contributed by atoms with Crippen LogP contribution in [0, 0.1) is 0 Å². The minimum atomic E-state index is -2.19. The Labute approximate surface area is 431 Å². The second-order valence-electron chi connectivity index (χ2n) is 19.1. The van der Waals surface area contributed by atoms with Crippen molar-refractivity contribution in [3.05, 3.63) is 42.0 Å². The molecule has 0 radical (unpaired) electrons. The molecular formula is C45H67NO30. The van der Waals surface area contributed by atoms with Gasteiger partial charge in [-0.15, -0.1) is 0 Å². The molecule has 12 bridgehead atoms. The number of hydrogen-bond donors (Lipinski definition) is 18. The van der Waals surface area contributed by atoms with E-state index in [2.05, 4.69) is 5.32 Å². The van der Waals surface area contributed by atoms with Crippen LogP contribution in [0.3, 0.4) is 0 Å². The fraction of sp³-hybridized carbons (Fsp3) is 0.800. The van der Waals surface area contributed by atoms with Crippen molar-refractivity contribution in [3.63, 3.8) is 0 Å². The van der Waals surface area contributed by atoms with Gasteiger partial charge in [0.2, 0.25) is 5.91 Å². The summed E-state index contributed by atoms with van der Waals surface area (Å²) in [5, 5.41) is 191. The van der Waals surface area contributed by atoms with E-state index in [9.17, 15) is 91.6 Å². The van der Waals surface area contributed by atoms with Crippen molar-refractivity contribution in [1.29, 1.82) is 0 Å². The fourth-order valence-corrected chi connectivity index (χ4v) is 10.1. The monoisotopic (exact) mass is 1100 g/mol. The molecule has 0 aliphatic carbocycles. The quantitative estimate of drug-likeness (QED) is 0.102. The molecule has 31 nitrogen and oxygen atoms in total. The van der Waals surface area contributed by atoms with Gasteiger partial charge in [-0.3, -0.25) is 4.79 Å². The first kappa shape index (κ1) is 59.4. The van der Waals surface area contributed by atoms with Crippen molar-refractivity contribution in [2.75, 3.05) is 39.6 Å². The van der Waals surface area contributed by atoms with E-state index in [1.165, 1.54) is 6.08 Å². The maximum atomic E-state index is 13.6. The van der Waals surface area contributed by atoms with Gasteiger partial charge in [0.05, 0.1) is 45.7 Å². The van der Waals surface area contributed by atoms with Gasteiger partial charge in [-0.05, 0) is 11.6 Å². The summed E-state index contributed by atoms with van der Waals surface area (Å²) in [6, 6.07) is 6.70. The molecular weight excluding hydrogens is 1030 g/mol. The third-order valence-corrected chi connectivity index (χ3v) is 14.2. The largest absolute Gasteiger partial charge is 0.394 e. The normalized spacial score (nSPS) is 49.6. The van der Waals surface area contributed by atoms with Gasteiger partial charge in [0.15, 0.2) is 37.7 Å². The molecule has 18 N–H and O–H groups in total. The molecule has 23 rings (SSSR count). The van der Waals surface area contributed by atoms with Crippen LogP contribution >= 0.6 is 0 Å². The summed E-state index contributed by atoms with van der Waals surface area (Å²) in [4.78, 5) is 13.6. The smallest absolute Gasteiger partial charge is 0.244 e. The molecule has 1 aromatic carbocycles. The van der Waals surface area contributed by atoms with Crippen LogP contribution in [-0.4, -0.2) is 317 Å². The predicted molar refractivity (Wildman–Crippen MR) is 237 cm³/mol. The van der Waals surface area contributed by atoms with Crippen LogP contribution in [0.4, 0.5) is 0 Å². The topological polar surface area (TPSA) is 484 Å². The molecule has 22 fully saturated rings. The van der Waals surface area contributed by atoms with Gasteiger partial charge in [0, 0.05) is 6.08 Å². The Morgan fingerprint density at radius 3 is 0.882 bits per heavy atom. The summed E-state index contributed by atoms with van der Waals surface area (Å²) in [6.45, 7) is -6.11. The second-order valence-corrected chi connectivity index (χ2v) is 19.1. The van der Waals surface area contributed by atoms with Crippen molar-refractivity contribution < 1.29 is 148 Å². The molecule has 22 aliphatic rings. The minimum absolute atomic E-state index is 0.570. The van der Waals surface area contributed by atoms with Gasteiger partial charge < -0.3 is 149 Å². The zero-order valence-electron chi connectivity index (χ0n) is 40.0. The summed E-state index contributed by atoms with van der Waals surface area (Å²) in [6.07, 6.45) is -54.6. The van der Waals surface area contributed by atoms with Crippen LogP contribution < -0.4 is 5.32 Å². The highest BCUT2D eigenvalue weighted by Crippen LogP contribution is 2.38. The Kier molecular flexibility index (Phi) is 20.2. The molecule has 31 heteroatoms. The Balaban J connectivity index is 1.12. The molecule has 76 heavy (non-hydrogen) atoms. The van der Waals surface area contributed by atoms with E-state index in [-0.39, 0.29) is 0 Å². The SMILES string of the molecule is O=C(/C=C/c1ccccc1)N[C@@H]1[C@@H](O)[C@H]2O[C@H]3[C@H](O)[C@@H](O)[C@@H](O[C@H]4[C@H](O)[C@@H](O)[C@@H](O[C@H]5[C@H](O)[C@@H](O)[C@@H](O[C@H]6[C@H](O)[C@@H](O)[C@@H](O[C@H]7[C@H](O)[C@@H](O)[C@@H](O[C@@H]1[C@@H](CO)O2)O[C@@H]7CO)O[C@@H]6CO)O[C@@H]5CO)O[C@@H]4CO)O[C@@H]3CO. The number of hydrogen-bond acceptors (Lipinski definition) is 30. The first-order chi connectivity index (χ1) is 36.4. The van der Waals surface area contributed by atoms with Gasteiger partial charge in [0.1, 0.15) is 140 Å². The number of carbonyl (C=O) groups is 1. The molecule has 0 spiro atoms. The molecule has 22 aliphatic heterocycles. The standard InChI is InChI=1S/C45H67NO30/c47-8-15-34-22(46-21(53)7-6-14-4-2-1-3-5-14)23(54)40(65-15)72-35-16(9-48)67-42(30(61)25(35)56)74-37-18(11-50)69-44(32(63)27(37)58)76-39-20(13-52)70-45(33(64)28(39)59)75-38-19(12-51)68-43(31(62)26(38)57)73-36-17(10-49)66-41(71-34)29(60)24(36)55/h1-7,15-20,22-45,47-52,54-64H,8-13H2,(H,46,53)/b7-6+/t15-,16-,17-,18-,19-,20-,22-,23-,24-,25-,26-,27-,28-,29-,30-,31-,32-,33-,34-,35-,36-,37-,38-,39-,40-,41-,42-,43-,44-,45-/m1/s1. The maximum absolute atomic E-state index is 13.6. The van der Waals surface area contributed by atoms with Gasteiger partial charge in [-0.25, -0.2) is 0 Å². The van der Waals surface area contributed by atoms with Crippen LogP contribution in [-0.2, 0) is 61.6 Å². The third-order valence-electron chi connectivity index (χ3n) is 14.2. The van der Waals surface area contributed by atoms with E-state index in [4.69, 9.17) is 56.8 Å². The Morgan fingerprint density at radius 1 is 0.355 bits per heavy atom. The maximum Gasteiger partial charge on any atom is 0.244 e. The molecule has 1 aromatic rings. The van der Waals surface area contributed by atoms with Crippen molar-refractivity contribution >= 4 is 12.0 Å². The minimum Gasteiger partial charge on any atom is -0.394 e. The van der Waals surface area contributed by atoms with Crippen LogP contribution in [0.5, 0.6) is 0 Å². The van der Waals surface area contributed by atoms with Crippen LogP contribution in [0.2, 0.25) is 0 Å². The highest BCUT2D eigenvalue weighted by atomic mass is 16.8. The van der Waals surface area contributed by atoms with E-state index in [1.807, 2.05) is 0 Å². The number of nitrogens with one attached hydrogen (secondary N) is 1. The molecule has 22 saturated heterocycles. The van der Waals surface area contributed by atoms with Crippen molar-refractivity contribution in [1.82, 2.24) is 5.32 Å². The number of benzene rings is 1.